The summed E-state index contributed by atoms with van der Waals surface area (Å²) in [4.78, 5) is 31.2. The topological polar surface area (TPSA) is 164 Å². The predicted molar refractivity (Wildman–Crippen MR) is 42.4 cm³/mol. The number of carboxylic acid groups (broad SMARTS) is 3. The Morgan fingerprint density at radius 1 is 1.21 bits per heavy atom. The van der Waals surface area contributed by atoms with Gasteiger partial charge in [-0.05, 0) is 0 Å². The summed E-state index contributed by atoms with van der Waals surface area (Å²) in [7, 11) is 0. The number of aliphatic carboxylic acids is 3. The number of hydrogen-bond donors (Lipinski definition) is 5. The van der Waals surface area contributed by atoms with Gasteiger partial charge in [0, 0.05) is 0 Å². The monoisotopic (exact) mass is 206 g/mol. The Labute approximate surface area is 78.1 Å². The fourth-order valence-electron chi connectivity index (χ4n) is 0.789. The maximum atomic E-state index is 10.6. The predicted octanol–water partition coefficient (Wildman–Crippen LogP) is -2.34. The summed E-state index contributed by atoms with van der Waals surface area (Å²) in [5, 5.41) is 25.3. The molecule has 0 aliphatic rings. The van der Waals surface area contributed by atoms with Gasteiger partial charge in [-0.1, -0.05) is 0 Å². The second-order valence-corrected chi connectivity index (χ2v) is 2.73. The molecule has 0 aromatic rings. The molecule has 0 unspecified atom stereocenters. The van der Waals surface area contributed by atoms with Gasteiger partial charge in [-0.2, -0.15) is 0 Å². The van der Waals surface area contributed by atoms with Crippen molar-refractivity contribution in [3.63, 3.8) is 0 Å². The molecule has 0 aliphatic heterocycles. The Bertz CT molecular complexity index is 277. The summed E-state index contributed by atoms with van der Waals surface area (Å²) in [6.45, 7) is 0. The van der Waals surface area contributed by atoms with E-state index in [9.17, 15) is 14.4 Å². The standard InChI is InChI=1S/C6H10N2O6/c7-3(4(11)12)6(8,5(13)14)1-2(9)10/h3H,1,7-8H2,(H,9,10)(H,11,12)(H,13,14)/t3-,6+/m1/s1. The molecule has 8 nitrogen and oxygen atoms in total. The Balaban J connectivity index is 4.99. The first-order valence-corrected chi connectivity index (χ1v) is 3.44. The Hall–Kier alpha value is -1.67. The van der Waals surface area contributed by atoms with Crippen molar-refractivity contribution < 1.29 is 29.7 Å². The lowest BCUT2D eigenvalue weighted by Crippen LogP contribution is -2.64. The molecule has 0 rings (SSSR count). The van der Waals surface area contributed by atoms with Gasteiger partial charge in [0.25, 0.3) is 0 Å². The fraction of sp³-hybridized carbons (Fsp3) is 0.500. The van der Waals surface area contributed by atoms with E-state index in [1.165, 1.54) is 0 Å². The minimum atomic E-state index is -2.50. The van der Waals surface area contributed by atoms with Crippen LogP contribution in [0.15, 0.2) is 0 Å². The van der Waals surface area contributed by atoms with Gasteiger partial charge < -0.3 is 26.8 Å². The summed E-state index contributed by atoms with van der Waals surface area (Å²) in [6.07, 6.45) is -1.06. The third kappa shape index (κ3) is 2.41. The van der Waals surface area contributed by atoms with Crippen LogP contribution in [0.5, 0.6) is 0 Å². The van der Waals surface area contributed by atoms with Gasteiger partial charge in [0.15, 0.2) is 5.54 Å². The molecule has 7 N–H and O–H groups in total. The van der Waals surface area contributed by atoms with Crippen LogP contribution in [0.4, 0.5) is 0 Å². The zero-order valence-corrected chi connectivity index (χ0v) is 7.01. The first-order valence-electron chi connectivity index (χ1n) is 3.44. The van der Waals surface area contributed by atoms with Crippen LogP contribution >= 0.6 is 0 Å². The quantitative estimate of drug-likeness (QED) is 0.333. The van der Waals surface area contributed by atoms with Crippen molar-refractivity contribution in [2.75, 3.05) is 0 Å². The summed E-state index contributed by atoms with van der Waals surface area (Å²) < 4.78 is 0. The molecule has 0 fully saturated rings. The molecule has 0 amide bonds. The van der Waals surface area contributed by atoms with Crippen LogP contribution in [0.3, 0.4) is 0 Å². The third-order valence-electron chi connectivity index (χ3n) is 1.66. The highest BCUT2D eigenvalue weighted by atomic mass is 16.4. The Kier molecular flexibility index (Phi) is 3.55. The molecule has 0 saturated carbocycles. The molecule has 0 spiro atoms. The lowest BCUT2D eigenvalue weighted by molar-refractivity contribution is -0.155. The van der Waals surface area contributed by atoms with Gasteiger partial charge >= 0.3 is 17.9 Å². The van der Waals surface area contributed by atoms with Crippen molar-refractivity contribution in [3.8, 4) is 0 Å². The SMILES string of the molecule is N[C@H](C(=O)O)[C@@](N)(CC(=O)O)C(=O)O. The molecule has 80 valence electrons. The smallest absolute Gasteiger partial charge is 0.326 e. The largest absolute Gasteiger partial charge is 0.481 e. The highest BCUT2D eigenvalue weighted by molar-refractivity contribution is 5.92. The molecule has 8 heteroatoms. The van der Waals surface area contributed by atoms with Crippen LogP contribution in [-0.4, -0.2) is 44.8 Å². The lowest BCUT2D eigenvalue weighted by Gasteiger charge is -2.26. The maximum absolute atomic E-state index is 10.6. The summed E-state index contributed by atoms with van der Waals surface area (Å²) in [6, 6.07) is -1.98. The van der Waals surface area contributed by atoms with Crippen LogP contribution in [0, 0.1) is 0 Å². The molecular weight excluding hydrogens is 196 g/mol. The number of nitrogens with two attached hydrogens (primary N) is 2. The molecule has 0 saturated heterocycles. The van der Waals surface area contributed by atoms with E-state index < -0.39 is 35.9 Å². The second-order valence-electron chi connectivity index (χ2n) is 2.73. The number of carbonyl (C=O) groups is 3. The minimum Gasteiger partial charge on any atom is -0.481 e. The molecule has 2 atom stereocenters. The second kappa shape index (κ2) is 4.03. The van der Waals surface area contributed by atoms with Gasteiger partial charge in [-0.15, -0.1) is 0 Å². The highest BCUT2D eigenvalue weighted by Gasteiger charge is 2.46. The Morgan fingerprint density at radius 2 is 1.64 bits per heavy atom. The fourth-order valence-corrected chi connectivity index (χ4v) is 0.789. The summed E-state index contributed by atoms with van der Waals surface area (Å²) in [5.74, 6) is -4.97. The van der Waals surface area contributed by atoms with Crippen molar-refractivity contribution in [1.29, 1.82) is 0 Å². The van der Waals surface area contributed by atoms with E-state index in [-0.39, 0.29) is 0 Å². The van der Waals surface area contributed by atoms with E-state index in [0.29, 0.717) is 0 Å². The van der Waals surface area contributed by atoms with Crippen LogP contribution < -0.4 is 11.5 Å². The van der Waals surface area contributed by atoms with E-state index in [2.05, 4.69) is 0 Å². The molecule has 0 radical (unpaired) electrons. The normalized spacial score (nSPS) is 16.7. The Morgan fingerprint density at radius 3 is 1.86 bits per heavy atom. The zero-order chi connectivity index (χ0) is 11.5. The number of carboxylic acids is 3. The summed E-state index contributed by atoms with van der Waals surface area (Å²) >= 11 is 0. The molecule has 14 heavy (non-hydrogen) atoms. The maximum Gasteiger partial charge on any atom is 0.326 e. The third-order valence-corrected chi connectivity index (χ3v) is 1.66. The van der Waals surface area contributed by atoms with E-state index in [0.717, 1.165) is 0 Å². The summed E-state index contributed by atoms with van der Waals surface area (Å²) in [5.41, 5.74) is 7.57. The van der Waals surface area contributed by atoms with Gasteiger partial charge in [0.05, 0.1) is 6.42 Å². The van der Waals surface area contributed by atoms with Crippen LogP contribution in [0.2, 0.25) is 0 Å². The van der Waals surface area contributed by atoms with Gasteiger partial charge in [-0.25, -0.2) is 0 Å². The van der Waals surface area contributed by atoms with Gasteiger partial charge in [0.1, 0.15) is 6.04 Å². The van der Waals surface area contributed by atoms with E-state index in [1.54, 1.807) is 0 Å². The minimum absolute atomic E-state index is 1.06. The zero-order valence-electron chi connectivity index (χ0n) is 7.01. The van der Waals surface area contributed by atoms with Crippen molar-refractivity contribution in [3.05, 3.63) is 0 Å². The first kappa shape index (κ1) is 12.3. The molecule has 0 aromatic carbocycles. The van der Waals surface area contributed by atoms with Crippen molar-refractivity contribution >= 4 is 17.9 Å². The molecular formula is C6H10N2O6. The average molecular weight is 206 g/mol. The van der Waals surface area contributed by atoms with Crippen LogP contribution in [-0.2, 0) is 14.4 Å². The number of rotatable bonds is 5. The van der Waals surface area contributed by atoms with Crippen molar-refractivity contribution in [1.82, 2.24) is 0 Å². The lowest BCUT2D eigenvalue weighted by atomic mass is 9.88. The van der Waals surface area contributed by atoms with E-state index in [1.807, 2.05) is 0 Å². The van der Waals surface area contributed by atoms with Crippen molar-refractivity contribution in [2.45, 2.75) is 18.0 Å². The number of hydrogen-bond acceptors (Lipinski definition) is 5. The van der Waals surface area contributed by atoms with Crippen molar-refractivity contribution in [2.24, 2.45) is 11.5 Å². The molecule has 0 aliphatic carbocycles. The molecule has 0 bridgehead atoms. The van der Waals surface area contributed by atoms with E-state index in [4.69, 9.17) is 26.8 Å². The molecule has 0 heterocycles. The first-order chi connectivity index (χ1) is 6.21. The van der Waals surface area contributed by atoms with E-state index >= 15 is 0 Å². The average Bonchev–Trinajstić information content (AvgIpc) is 2.00. The molecule has 0 aromatic heterocycles. The van der Waals surface area contributed by atoms with Crippen LogP contribution in [0.25, 0.3) is 0 Å². The highest BCUT2D eigenvalue weighted by Crippen LogP contribution is 2.11. The van der Waals surface area contributed by atoms with Gasteiger partial charge in [0.2, 0.25) is 0 Å². The van der Waals surface area contributed by atoms with Crippen LogP contribution in [0.1, 0.15) is 6.42 Å². The van der Waals surface area contributed by atoms with Gasteiger partial charge in [-0.3, -0.25) is 14.4 Å².